The first-order valence-electron chi connectivity index (χ1n) is 7.18. The van der Waals surface area contributed by atoms with E-state index in [0.29, 0.717) is 12.2 Å². The summed E-state index contributed by atoms with van der Waals surface area (Å²) in [5.41, 5.74) is 3.00. The van der Waals surface area contributed by atoms with Gasteiger partial charge in [0.05, 0.1) is 18.2 Å². The standard InChI is InChI=1S/C18H20N2O/c1-15-6-2-3-9-18(15)21-11-5-10-20-14-17-8-4-7-16(12-17)13-19/h2-4,6-9,12,20H,5,10-11,14H2,1H3. The molecular weight excluding hydrogens is 260 g/mol. The fourth-order valence-corrected chi connectivity index (χ4v) is 2.08. The van der Waals surface area contributed by atoms with Gasteiger partial charge in [0, 0.05) is 6.54 Å². The number of aryl methyl sites for hydroxylation is 1. The van der Waals surface area contributed by atoms with Crippen LogP contribution in [0.2, 0.25) is 0 Å². The van der Waals surface area contributed by atoms with E-state index in [2.05, 4.69) is 24.4 Å². The average molecular weight is 280 g/mol. The average Bonchev–Trinajstić information content (AvgIpc) is 2.52. The van der Waals surface area contributed by atoms with Crippen LogP contribution in [0.1, 0.15) is 23.1 Å². The van der Waals surface area contributed by atoms with Gasteiger partial charge in [-0.25, -0.2) is 0 Å². The van der Waals surface area contributed by atoms with Gasteiger partial charge in [-0.2, -0.15) is 5.26 Å². The lowest BCUT2D eigenvalue weighted by Crippen LogP contribution is -2.17. The number of nitriles is 1. The Morgan fingerprint density at radius 3 is 2.81 bits per heavy atom. The summed E-state index contributed by atoms with van der Waals surface area (Å²) in [6.45, 7) is 4.43. The maximum absolute atomic E-state index is 8.85. The number of para-hydroxylation sites is 1. The molecule has 0 atom stereocenters. The molecule has 0 saturated carbocycles. The van der Waals surface area contributed by atoms with Gasteiger partial charge in [0.1, 0.15) is 5.75 Å². The topological polar surface area (TPSA) is 45.0 Å². The summed E-state index contributed by atoms with van der Waals surface area (Å²) in [6.07, 6.45) is 0.951. The van der Waals surface area contributed by atoms with Crippen molar-refractivity contribution in [1.29, 1.82) is 5.26 Å². The monoisotopic (exact) mass is 280 g/mol. The lowest BCUT2D eigenvalue weighted by Gasteiger charge is -2.09. The van der Waals surface area contributed by atoms with Crippen LogP contribution in [0.5, 0.6) is 5.75 Å². The molecule has 3 heteroatoms. The first kappa shape index (κ1) is 15.1. The number of ether oxygens (including phenoxy) is 1. The summed E-state index contributed by atoms with van der Waals surface area (Å²) in [6, 6.07) is 17.9. The fourth-order valence-electron chi connectivity index (χ4n) is 2.08. The summed E-state index contributed by atoms with van der Waals surface area (Å²) in [5.74, 6) is 0.958. The third-order valence-corrected chi connectivity index (χ3v) is 3.23. The minimum absolute atomic E-state index is 0.704. The van der Waals surface area contributed by atoms with Crippen LogP contribution in [-0.2, 0) is 6.54 Å². The van der Waals surface area contributed by atoms with E-state index >= 15 is 0 Å². The molecule has 0 unspecified atom stereocenters. The zero-order chi connectivity index (χ0) is 14.9. The van der Waals surface area contributed by atoms with Gasteiger partial charge in [-0.3, -0.25) is 0 Å². The lowest BCUT2D eigenvalue weighted by atomic mass is 10.1. The summed E-state index contributed by atoms with van der Waals surface area (Å²) >= 11 is 0. The molecule has 2 aromatic rings. The number of rotatable bonds is 7. The van der Waals surface area contributed by atoms with E-state index in [4.69, 9.17) is 10.00 Å². The van der Waals surface area contributed by atoms with Gasteiger partial charge in [0.25, 0.3) is 0 Å². The zero-order valence-corrected chi connectivity index (χ0v) is 12.3. The second kappa shape index (κ2) is 8.08. The molecule has 2 aromatic carbocycles. The second-order valence-electron chi connectivity index (χ2n) is 4.96. The highest BCUT2D eigenvalue weighted by atomic mass is 16.5. The van der Waals surface area contributed by atoms with Crippen LogP contribution in [0.25, 0.3) is 0 Å². The van der Waals surface area contributed by atoms with Crippen molar-refractivity contribution in [1.82, 2.24) is 5.32 Å². The molecular formula is C18H20N2O. The van der Waals surface area contributed by atoms with Crippen molar-refractivity contribution in [2.24, 2.45) is 0 Å². The lowest BCUT2D eigenvalue weighted by molar-refractivity contribution is 0.306. The van der Waals surface area contributed by atoms with Crippen molar-refractivity contribution in [3.05, 3.63) is 65.2 Å². The predicted molar refractivity (Wildman–Crippen MR) is 84.2 cm³/mol. The Balaban J connectivity index is 1.64. The molecule has 0 amide bonds. The molecule has 0 fully saturated rings. The molecule has 0 radical (unpaired) electrons. The van der Waals surface area contributed by atoms with Crippen molar-refractivity contribution in [3.8, 4) is 11.8 Å². The Kier molecular flexibility index (Phi) is 5.81. The number of nitrogens with one attached hydrogen (secondary N) is 1. The Morgan fingerprint density at radius 1 is 1.14 bits per heavy atom. The third kappa shape index (κ3) is 4.94. The van der Waals surface area contributed by atoms with Crippen molar-refractivity contribution >= 4 is 0 Å². The summed E-state index contributed by atoms with van der Waals surface area (Å²) in [4.78, 5) is 0. The fraction of sp³-hybridized carbons (Fsp3) is 0.278. The minimum Gasteiger partial charge on any atom is -0.493 e. The summed E-state index contributed by atoms with van der Waals surface area (Å²) in [5, 5.41) is 12.2. The molecule has 1 N–H and O–H groups in total. The molecule has 0 heterocycles. The smallest absolute Gasteiger partial charge is 0.122 e. The largest absolute Gasteiger partial charge is 0.493 e. The van der Waals surface area contributed by atoms with E-state index in [9.17, 15) is 0 Å². The molecule has 0 aliphatic heterocycles. The quantitative estimate of drug-likeness (QED) is 0.790. The minimum atomic E-state index is 0.704. The van der Waals surface area contributed by atoms with E-state index in [0.717, 1.165) is 30.8 Å². The van der Waals surface area contributed by atoms with Gasteiger partial charge in [0.15, 0.2) is 0 Å². The molecule has 0 aliphatic rings. The van der Waals surface area contributed by atoms with Gasteiger partial charge in [-0.15, -0.1) is 0 Å². The Hall–Kier alpha value is -2.31. The number of benzene rings is 2. The first-order chi connectivity index (χ1) is 10.3. The Bertz CT molecular complexity index is 617. The van der Waals surface area contributed by atoms with Gasteiger partial charge in [-0.1, -0.05) is 30.3 Å². The highest BCUT2D eigenvalue weighted by molar-refractivity contribution is 5.33. The highest BCUT2D eigenvalue weighted by Gasteiger charge is 1.98. The van der Waals surface area contributed by atoms with Crippen LogP contribution in [-0.4, -0.2) is 13.2 Å². The summed E-state index contributed by atoms with van der Waals surface area (Å²) < 4.78 is 5.74. The number of hydrogen-bond donors (Lipinski definition) is 1. The number of nitrogens with zero attached hydrogens (tertiary/aromatic N) is 1. The molecule has 0 bridgehead atoms. The van der Waals surface area contributed by atoms with E-state index < -0.39 is 0 Å². The van der Waals surface area contributed by atoms with Crippen molar-refractivity contribution in [3.63, 3.8) is 0 Å². The maximum atomic E-state index is 8.85. The second-order valence-corrected chi connectivity index (χ2v) is 4.96. The summed E-state index contributed by atoms with van der Waals surface area (Å²) in [7, 11) is 0. The Labute approximate surface area is 126 Å². The highest BCUT2D eigenvalue weighted by Crippen LogP contribution is 2.16. The van der Waals surface area contributed by atoms with Gasteiger partial charge in [0.2, 0.25) is 0 Å². The Morgan fingerprint density at radius 2 is 2.00 bits per heavy atom. The van der Waals surface area contributed by atoms with E-state index in [1.165, 1.54) is 5.56 Å². The van der Waals surface area contributed by atoms with Crippen LogP contribution in [0.15, 0.2) is 48.5 Å². The predicted octanol–water partition coefficient (Wildman–Crippen LogP) is 3.43. The van der Waals surface area contributed by atoms with E-state index in [1.807, 2.05) is 42.5 Å². The van der Waals surface area contributed by atoms with Crippen molar-refractivity contribution in [2.45, 2.75) is 19.9 Å². The molecule has 0 aliphatic carbocycles. The van der Waals surface area contributed by atoms with Gasteiger partial charge in [-0.05, 0) is 49.2 Å². The van der Waals surface area contributed by atoms with E-state index in [1.54, 1.807) is 0 Å². The SMILES string of the molecule is Cc1ccccc1OCCCNCc1cccc(C#N)c1. The molecule has 2 rings (SSSR count). The number of hydrogen-bond acceptors (Lipinski definition) is 3. The molecule has 0 spiro atoms. The zero-order valence-electron chi connectivity index (χ0n) is 12.3. The molecule has 0 saturated heterocycles. The van der Waals surface area contributed by atoms with E-state index in [-0.39, 0.29) is 0 Å². The molecule has 21 heavy (non-hydrogen) atoms. The molecule has 0 aromatic heterocycles. The van der Waals surface area contributed by atoms with Gasteiger partial charge < -0.3 is 10.1 Å². The third-order valence-electron chi connectivity index (χ3n) is 3.23. The van der Waals surface area contributed by atoms with Crippen LogP contribution < -0.4 is 10.1 Å². The van der Waals surface area contributed by atoms with Crippen LogP contribution in [0, 0.1) is 18.3 Å². The normalized spacial score (nSPS) is 10.1. The molecule has 3 nitrogen and oxygen atoms in total. The van der Waals surface area contributed by atoms with Gasteiger partial charge >= 0.3 is 0 Å². The van der Waals surface area contributed by atoms with Crippen LogP contribution in [0.4, 0.5) is 0 Å². The molecule has 108 valence electrons. The van der Waals surface area contributed by atoms with Crippen molar-refractivity contribution in [2.75, 3.05) is 13.2 Å². The maximum Gasteiger partial charge on any atom is 0.122 e. The van der Waals surface area contributed by atoms with Crippen LogP contribution >= 0.6 is 0 Å². The first-order valence-corrected chi connectivity index (χ1v) is 7.18. The van der Waals surface area contributed by atoms with Crippen LogP contribution in [0.3, 0.4) is 0 Å². The van der Waals surface area contributed by atoms with Crippen molar-refractivity contribution < 1.29 is 4.74 Å².